The van der Waals surface area contributed by atoms with Crippen LogP contribution in [0.15, 0.2) is 6.07 Å². The van der Waals surface area contributed by atoms with E-state index in [9.17, 15) is 0 Å². The SMILES string of the molecule is Cc1cc(CNCC2CC2(C)C)c(C)s1. The van der Waals surface area contributed by atoms with E-state index >= 15 is 0 Å². The second-order valence-electron chi connectivity index (χ2n) is 5.46. The highest BCUT2D eigenvalue weighted by molar-refractivity contribution is 7.12. The molecule has 0 aromatic carbocycles. The fourth-order valence-electron chi connectivity index (χ4n) is 2.16. The molecule has 1 heterocycles. The zero-order valence-electron chi connectivity index (χ0n) is 10.2. The van der Waals surface area contributed by atoms with Gasteiger partial charge in [-0.1, -0.05) is 13.8 Å². The molecule has 1 aromatic rings. The maximum atomic E-state index is 3.58. The van der Waals surface area contributed by atoms with E-state index in [4.69, 9.17) is 0 Å². The Labute approximate surface area is 96.9 Å². The van der Waals surface area contributed by atoms with Crippen LogP contribution in [0.3, 0.4) is 0 Å². The number of hydrogen-bond donors (Lipinski definition) is 1. The van der Waals surface area contributed by atoms with Crippen molar-refractivity contribution in [1.29, 1.82) is 0 Å². The van der Waals surface area contributed by atoms with Crippen LogP contribution in [0.25, 0.3) is 0 Å². The Morgan fingerprint density at radius 1 is 1.47 bits per heavy atom. The van der Waals surface area contributed by atoms with Crippen LogP contribution in [0.4, 0.5) is 0 Å². The third-order valence-corrected chi connectivity index (χ3v) is 4.58. The van der Waals surface area contributed by atoms with Gasteiger partial charge >= 0.3 is 0 Å². The molecule has 15 heavy (non-hydrogen) atoms. The van der Waals surface area contributed by atoms with Crippen LogP contribution in [-0.2, 0) is 6.54 Å². The molecule has 1 aliphatic rings. The zero-order chi connectivity index (χ0) is 11.1. The summed E-state index contributed by atoms with van der Waals surface area (Å²) in [4.78, 5) is 2.89. The first-order valence-electron chi connectivity index (χ1n) is 5.75. The van der Waals surface area contributed by atoms with E-state index < -0.39 is 0 Å². The number of hydrogen-bond acceptors (Lipinski definition) is 2. The molecule has 84 valence electrons. The van der Waals surface area contributed by atoms with Crippen molar-refractivity contribution in [2.45, 2.75) is 40.7 Å². The van der Waals surface area contributed by atoms with Gasteiger partial charge in [0.25, 0.3) is 0 Å². The van der Waals surface area contributed by atoms with Gasteiger partial charge in [0.05, 0.1) is 0 Å². The Kier molecular flexibility index (Phi) is 2.91. The molecule has 0 aliphatic heterocycles. The Morgan fingerprint density at radius 2 is 2.13 bits per heavy atom. The lowest BCUT2D eigenvalue weighted by Crippen LogP contribution is -2.18. The van der Waals surface area contributed by atoms with Crippen molar-refractivity contribution in [2.75, 3.05) is 6.54 Å². The minimum absolute atomic E-state index is 0.604. The Balaban J connectivity index is 1.77. The average Bonchev–Trinajstić information content (AvgIpc) is 2.58. The number of aryl methyl sites for hydroxylation is 2. The van der Waals surface area contributed by atoms with Gasteiger partial charge in [0.15, 0.2) is 0 Å². The summed E-state index contributed by atoms with van der Waals surface area (Å²) in [5.41, 5.74) is 2.09. The van der Waals surface area contributed by atoms with Crippen LogP contribution in [0.1, 0.15) is 35.6 Å². The first-order valence-corrected chi connectivity index (χ1v) is 6.57. The lowest BCUT2D eigenvalue weighted by molar-refractivity contribution is 0.519. The second kappa shape index (κ2) is 3.91. The van der Waals surface area contributed by atoms with Gasteiger partial charge in [-0.25, -0.2) is 0 Å². The average molecular weight is 223 g/mol. The summed E-state index contributed by atoms with van der Waals surface area (Å²) in [5, 5.41) is 3.58. The van der Waals surface area contributed by atoms with Gasteiger partial charge in [0.2, 0.25) is 0 Å². The molecule has 1 fully saturated rings. The Bertz CT molecular complexity index is 351. The fourth-order valence-corrected chi connectivity index (χ4v) is 3.11. The van der Waals surface area contributed by atoms with Crippen molar-refractivity contribution in [3.63, 3.8) is 0 Å². The summed E-state index contributed by atoms with van der Waals surface area (Å²) >= 11 is 1.90. The smallest absolute Gasteiger partial charge is 0.0216 e. The quantitative estimate of drug-likeness (QED) is 0.824. The van der Waals surface area contributed by atoms with Crippen molar-refractivity contribution < 1.29 is 0 Å². The van der Waals surface area contributed by atoms with Crippen LogP contribution in [-0.4, -0.2) is 6.54 Å². The van der Waals surface area contributed by atoms with E-state index in [0.717, 1.165) is 12.5 Å². The highest BCUT2D eigenvalue weighted by Gasteiger charge is 2.44. The normalized spacial score (nSPS) is 23.1. The highest BCUT2D eigenvalue weighted by atomic mass is 32.1. The number of thiophene rings is 1. The largest absolute Gasteiger partial charge is 0.312 e. The van der Waals surface area contributed by atoms with Gasteiger partial charge in [-0.2, -0.15) is 0 Å². The molecule has 1 saturated carbocycles. The molecule has 1 unspecified atom stereocenters. The molecule has 2 rings (SSSR count). The van der Waals surface area contributed by atoms with Crippen molar-refractivity contribution in [2.24, 2.45) is 11.3 Å². The van der Waals surface area contributed by atoms with Crippen molar-refractivity contribution in [1.82, 2.24) is 5.32 Å². The van der Waals surface area contributed by atoms with Gasteiger partial charge in [-0.05, 0) is 49.8 Å². The lowest BCUT2D eigenvalue weighted by Gasteiger charge is -2.05. The van der Waals surface area contributed by atoms with E-state index in [2.05, 4.69) is 39.1 Å². The van der Waals surface area contributed by atoms with Crippen LogP contribution >= 0.6 is 11.3 Å². The number of rotatable bonds is 4. The Morgan fingerprint density at radius 3 is 2.60 bits per heavy atom. The molecule has 1 aromatic heterocycles. The maximum absolute atomic E-state index is 3.58. The molecule has 0 amide bonds. The predicted molar refractivity (Wildman–Crippen MR) is 67.4 cm³/mol. The summed E-state index contributed by atoms with van der Waals surface area (Å²) in [5.74, 6) is 0.900. The molecular formula is C13H21NS. The fraction of sp³-hybridized carbons (Fsp3) is 0.692. The van der Waals surface area contributed by atoms with Crippen LogP contribution in [0.5, 0.6) is 0 Å². The Hall–Kier alpha value is -0.340. The lowest BCUT2D eigenvalue weighted by atomic mass is 10.1. The molecule has 2 heteroatoms. The number of nitrogens with one attached hydrogen (secondary N) is 1. The molecule has 0 bridgehead atoms. The monoisotopic (exact) mass is 223 g/mol. The van der Waals surface area contributed by atoms with Gasteiger partial charge in [0.1, 0.15) is 0 Å². The molecule has 0 spiro atoms. The third-order valence-electron chi connectivity index (χ3n) is 3.57. The zero-order valence-corrected chi connectivity index (χ0v) is 11.0. The van der Waals surface area contributed by atoms with Gasteiger partial charge in [-0.3, -0.25) is 0 Å². The minimum Gasteiger partial charge on any atom is -0.312 e. The summed E-state index contributed by atoms with van der Waals surface area (Å²) in [7, 11) is 0. The molecule has 1 aliphatic carbocycles. The van der Waals surface area contributed by atoms with Gasteiger partial charge in [0, 0.05) is 16.3 Å². The summed E-state index contributed by atoms with van der Waals surface area (Å²) in [6.45, 7) is 11.4. The van der Waals surface area contributed by atoms with Gasteiger partial charge < -0.3 is 5.32 Å². The van der Waals surface area contributed by atoms with Crippen LogP contribution < -0.4 is 5.32 Å². The van der Waals surface area contributed by atoms with Gasteiger partial charge in [-0.15, -0.1) is 11.3 Å². The molecule has 1 nitrogen and oxygen atoms in total. The molecular weight excluding hydrogens is 202 g/mol. The molecule has 1 N–H and O–H groups in total. The van der Waals surface area contributed by atoms with E-state index in [-0.39, 0.29) is 0 Å². The summed E-state index contributed by atoms with van der Waals surface area (Å²) < 4.78 is 0. The molecule has 0 radical (unpaired) electrons. The standard InChI is InChI=1S/C13H21NS/c1-9-5-11(10(2)15-9)7-14-8-12-6-13(12,3)4/h5,12,14H,6-8H2,1-4H3. The molecule has 0 saturated heterocycles. The topological polar surface area (TPSA) is 12.0 Å². The predicted octanol–water partition coefficient (Wildman–Crippen LogP) is 3.50. The first kappa shape index (κ1) is 11.2. The van der Waals surface area contributed by atoms with Crippen molar-refractivity contribution in [3.8, 4) is 0 Å². The van der Waals surface area contributed by atoms with E-state index in [1.165, 1.54) is 28.3 Å². The third kappa shape index (κ3) is 2.61. The van der Waals surface area contributed by atoms with Crippen LogP contribution in [0, 0.1) is 25.2 Å². The maximum Gasteiger partial charge on any atom is 0.0216 e. The summed E-state index contributed by atoms with van der Waals surface area (Å²) in [6.07, 6.45) is 1.39. The van der Waals surface area contributed by atoms with Crippen LogP contribution in [0.2, 0.25) is 0 Å². The van der Waals surface area contributed by atoms with Crippen molar-refractivity contribution >= 4 is 11.3 Å². The summed E-state index contributed by atoms with van der Waals surface area (Å²) in [6, 6.07) is 2.31. The highest BCUT2D eigenvalue weighted by Crippen LogP contribution is 2.50. The van der Waals surface area contributed by atoms with E-state index in [1.807, 2.05) is 11.3 Å². The van der Waals surface area contributed by atoms with E-state index in [0.29, 0.717) is 5.41 Å². The second-order valence-corrected chi connectivity index (χ2v) is 6.92. The molecule has 1 atom stereocenters. The van der Waals surface area contributed by atoms with E-state index in [1.54, 1.807) is 0 Å². The van der Waals surface area contributed by atoms with Crippen molar-refractivity contribution in [3.05, 3.63) is 21.4 Å². The first-order chi connectivity index (χ1) is 6.99. The minimum atomic E-state index is 0.604.